The zero-order valence-corrected chi connectivity index (χ0v) is 19.0. The van der Waals surface area contributed by atoms with Gasteiger partial charge in [-0.2, -0.15) is 0 Å². The highest BCUT2D eigenvalue weighted by molar-refractivity contribution is 7.92. The molecule has 0 bridgehead atoms. The van der Waals surface area contributed by atoms with Crippen molar-refractivity contribution in [3.05, 3.63) is 88.9 Å². The fourth-order valence-corrected chi connectivity index (χ4v) is 4.95. The van der Waals surface area contributed by atoms with Gasteiger partial charge in [0.15, 0.2) is 0 Å². The van der Waals surface area contributed by atoms with E-state index in [9.17, 15) is 13.2 Å². The van der Waals surface area contributed by atoms with Crippen molar-refractivity contribution < 1.29 is 13.2 Å². The molecule has 0 spiro atoms. The Morgan fingerprint density at radius 2 is 1.56 bits per heavy atom. The largest absolute Gasteiger partial charge is 0.322 e. The lowest BCUT2D eigenvalue weighted by molar-refractivity contribution is 0.102. The topological polar surface area (TPSA) is 78.5 Å². The zero-order valence-electron chi connectivity index (χ0n) is 17.4. The minimum absolute atomic E-state index is 0.0710. The minimum atomic E-state index is -3.80. The highest BCUT2D eigenvalue weighted by Gasteiger charge is 2.16. The van der Waals surface area contributed by atoms with Crippen LogP contribution in [0, 0.1) is 0 Å². The summed E-state index contributed by atoms with van der Waals surface area (Å²) >= 11 is 6.03. The Morgan fingerprint density at radius 1 is 0.906 bits per heavy atom. The summed E-state index contributed by atoms with van der Waals surface area (Å²) in [6.07, 6.45) is 2.49. The maximum Gasteiger partial charge on any atom is 0.261 e. The molecule has 8 heteroatoms. The number of likely N-dealkylation sites (tertiary alicyclic amines) is 1. The van der Waals surface area contributed by atoms with Gasteiger partial charge in [-0.3, -0.25) is 14.4 Å². The van der Waals surface area contributed by atoms with E-state index in [4.69, 9.17) is 11.6 Å². The lowest BCUT2D eigenvalue weighted by Crippen LogP contribution is -2.18. The zero-order chi connectivity index (χ0) is 22.6. The smallest absolute Gasteiger partial charge is 0.261 e. The molecular weight excluding hydrogens is 446 g/mol. The molecule has 0 saturated carbocycles. The number of sulfonamides is 1. The first-order chi connectivity index (χ1) is 15.4. The number of halogens is 1. The summed E-state index contributed by atoms with van der Waals surface area (Å²) in [5.74, 6) is -0.248. The van der Waals surface area contributed by atoms with Crippen molar-refractivity contribution in [2.75, 3.05) is 23.1 Å². The third-order valence-electron chi connectivity index (χ3n) is 5.36. The van der Waals surface area contributed by atoms with Crippen molar-refractivity contribution in [2.45, 2.75) is 24.3 Å². The van der Waals surface area contributed by atoms with E-state index in [-0.39, 0.29) is 10.8 Å². The second kappa shape index (κ2) is 9.73. The Bertz CT molecular complexity index is 1190. The van der Waals surface area contributed by atoms with Gasteiger partial charge < -0.3 is 5.32 Å². The van der Waals surface area contributed by atoms with Crippen LogP contribution in [0.5, 0.6) is 0 Å². The van der Waals surface area contributed by atoms with Crippen molar-refractivity contribution in [1.82, 2.24) is 4.90 Å². The van der Waals surface area contributed by atoms with Crippen LogP contribution >= 0.6 is 11.6 Å². The lowest BCUT2D eigenvalue weighted by atomic mass is 10.1. The SMILES string of the molecule is O=C(Nc1ccc(S(=O)(=O)Nc2ccccc2Cl)cc1)c1ccc(CN2CCCC2)cc1. The van der Waals surface area contributed by atoms with Gasteiger partial charge in [-0.05, 0) is 80.0 Å². The number of para-hydroxylation sites is 1. The van der Waals surface area contributed by atoms with Gasteiger partial charge in [-0.1, -0.05) is 35.9 Å². The van der Waals surface area contributed by atoms with Crippen LogP contribution in [0.25, 0.3) is 0 Å². The summed E-state index contributed by atoms with van der Waals surface area (Å²) < 4.78 is 27.7. The first-order valence-corrected chi connectivity index (χ1v) is 12.3. The molecule has 1 saturated heterocycles. The van der Waals surface area contributed by atoms with Crippen molar-refractivity contribution >= 4 is 38.9 Å². The molecule has 0 aromatic heterocycles. The maximum atomic E-state index is 12.6. The standard InChI is InChI=1S/C24H24ClN3O3S/c25-22-5-1-2-6-23(22)27-32(30,31)21-13-11-20(12-14-21)26-24(29)19-9-7-18(8-10-19)17-28-15-3-4-16-28/h1-2,5-14,27H,3-4,15-17H2,(H,26,29). The number of amides is 1. The van der Waals surface area contributed by atoms with E-state index >= 15 is 0 Å². The number of nitrogens with one attached hydrogen (secondary N) is 2. The number of hydrogen-bond donors (Lipinski definition) is 2. The molecule has 1 amide bonds. The fourth-order valence-electron chi connectivity index (χ4n) is 3.63. The van der Waals surface area contributed by atoms with Crippen molar-refractivity contribution in [3.8, 4) is 0 Å². The van der Waals surface area contributed by atoms with Crippen LogP contribution < -0.4 is 10.0 Å². The molecule has 1 aliphatic heterocycles. The van der Waals surface area contributed by atoms with Gasteiger partial charge in [-0.25, -0.2) is 8.42 Å². The third-order valence-corrected chi connectivity index (χ3v) is 7.07. The summed E-state index contributed by atoms with van der Waals surface area (Å²) in [6.45, 7) is 3.16. The van der Waals surface area contributed by atoms with Crippen molar-refractivity contribution in [2.24, 2.45) is 0 Å². The Kier molecular flexibility index (Phi) is 6.79. The van der Waals surface area contributed by atoms with Gasteiger partial charge in [0.25, 0.3) is 15.9 Å². The number of rotatable bonds is 7. The van der Waals surface area contributed by atoms with E-state index in [1.165, 1.54) is 30.5 Å². The predicted octanol–water partition coefficient (Wildman–Crippen LogP) is 4.99. The number of hydrogen-bond acceptors (Lipinski definition) is 4. The number of benzene rings is 3. The monoisotopic (exact) mass is 469 g/mol. The van der Waals surface area contributed by atoms with Crippen LogP contribution in [0.4, 0.5) is 11.4 Å². The molecule has 0 unspecified atom stereocenters. The van der Waals surface area contributed by atoms with E-state index in [1.54, 1.807) is 36.4 Å². The van der Waals surface area contributed by atoms with Crippen LogP contribution in [-0.2, 0) is 16.6 Å². The van der Waals surface area contributed by atoms with Crippen LogP contribution in [0.3, 0.4) is 0 Å². The number of anilines is 2. The molecule has 3 aromatic rings. The van der Waals surface area contributed by atoms with Gasteiger partial charge in [0.05, 0.1) is 15.6 Å². The van der Waals surface area contributed by atoms with Gasteiger partial charge in [-0.15, -0.1) is 0 Å². The van der Waals surface area contributed by atoms with Crippen LogP contribution in [-0.4, -0.2) is 32.3 Å². The third kappa shape index (κ3) is 5.48. The maximum absolute atomic E-state index is 12.6. The van der Waals surface area contributed by atoms with Crippen molar-refractivity contribution in [1.29, 1.82) is 0 Å². The van der Waals surface area contributed by atoms with E-state index in [0.717, 1.165) is 19.6 Å². The van der Waals surface area contributed by atoms with Gasteiger partial charge in [0.2, 0.25) is 0 Å². The highest BCUT2D eigenvalue weighted by Crippen LogP contribution is 2.24. The second-order valence-corrected chi connectivity index (χ2v) is 9.83. The molecule has 166 valence electrons. The Hall–Kier alpha value is -2.87. The van der Waals surface area contributed by atoms with Gasteiger partial charge in [0, 0.05) is 17.8 Å². The van der Waals surface area contributed by atoms with E-state index in [2.05, 4.69) is 14.9 Å². The molecule has 4 rings (SSSR count). The normalized spacial score (nSPS) is 14.3. The molecule has 32 heavy (non-hydrogen) atoms. The fraction of sp³-hybridized carbons (Fsp3) is 0.208. The summed E-state index contributed by atoms with van der Waals surface area (Å²) in [6, 6.07) is 20.2. The molecule has 0 radical (unpaired) electrons. The average molecular weight is 470 g/mol. The molecule has 1 heterocycles. The second-order valence-electron chi connectivity index (χ2n) is 7.74. The molecule has 3 aromatic carbocycles. The van der Waals surface area contributed by atoms with Gasteiger partial charge >= 0.3 is 0 Å². The molecule has 0 aliphatic carbocycles. The highest BCUT2D eigenvalue weighted by atomic mass is 35.5. The first kappa shape index (κ1) is 22.3. The summed E-state index contributed by atoms with van der Waals surface area (Å²) in [4.78, 5) is 15.0. The van der Waals surface area contributed by atoms with E-state index < -0.39 is 10.0 Å². The number of nitrogens with zero attached hydrogens (tertiary/aromatic N) is 1. The predicted molar refractivity (Wildman–Crippen MR) is 128 cm³/mol. The minimum Gasteiger partial charge on any atom is -0.322 e. The lowest BCUT2D eigenvalue weighted by Gasteiger charge is -2.14. The van der Waals surface area contributed by atoms with Crippen LogP contribution in [0.15, 0.2) is 77.7 Å². The summed E-state index contributed by atoms with van der Waals surface area (Å²) in [5, 5.41) is 3.11. The van der Waals surface area contributed by atoms with Crippen LogP contribution in [0.1, 0.15) is 28.8 Å². The Morgan fingerprint density at radius 3 is 2.22 bits per heavy atom. The molecule has 1 fully saturated rings. The van der Waals surface area contributed by atoms with Crippen LogP contribution in [0.2, 0.25) is 5.02 Å². The van der Waals surface area contributed by atoms with E-state index in [1.807, 2.05) is 24.3 Å². The number of carbonyl (C=O) groups is 1. The molecule has 2 N–H and O–H groups in total. The van der Waals surface area contributed by atoms with Gasteiger partial charge in [0.1, 0.15) is 0 Å². The Labute approximate surface area is 193 Å². The Balaban J connectivity index is 1.38. The summed E-state index contributed by atoms with van der Waals surface area (Å²) in [5.41, 5.74) is 2.55. The molecule has 6 nitrogen and oxygen atoms in total. The summed E-state index contributed by atoms with van der Waals surface area (Å²) in [7, 11) is -3.80. The molecular formula is C24H24ClN3O3S. The quantitative estimate of drug-likeness (QED) is 0.511. The average Bonchev–Trinajstić information content (AvgIpc) is 3.29. The van der Waals surface area contributed by atoms with Crippen molar-refractivity contribution in [3.63, 3.8) is 0 Å². The van der Waals surface area contributed by atoms with E-state index in [0.29, 0.717) is 22.0 Å². The molecule has 0 atom stereocenters. The molecule has 1 aliphatic rings. The number of carbonyl (C=O) groups excluding carboxylic acids is 1. The first-order valence-electron chi connectivity index (χ1n) is 10.4.